The molecule has 0 unspecified atom stereocenters. The van der Waals surface area contributed by atoms with Gasteiger partial charge in [-0.2, -0.15) is 5.10 Å². The van der Waals surface area contributed by atoms with E-state index in [1.54, 1.807) is 49.2 Å². The molecule has 0 saturated carbocycles. The second-order valence-electron chi connectivity index (χ2n) is 6.95. The van der Waals surface area contributed by atoms with Gasteiger partial charge in [0.2, 0.25) is 5.91 Å². The number of aromatic nitrogens is 3. The quantitative estimate of drug-likeness (QED) is 0.300. The van der Waals surface area contributed by atoms with Crippen molar-refractivity contribution in [1.82, 2.24) is 14.6 Å². The number of aryl methyl sites for hydroxylation is 1. The minimum atomic E-state index is -0.132. The molecule has 0 fully saturated rings. The van der Waals surface area contributed by atoms with E-state index in [-0.39, 0.29) is 11.7 Å². The number of carbonyl (C=O) groups is 1. The van der Waals surface area contributed by atoms with E-state index >= 15 is 0 Å². The minimum Gasteiger partial charge on any atom is -0.493 e. The van der Waals surface area contributed by atoms with Crippen LogP contribution < -0.4 is 14.8 Å². The Labute approximate surface area is 194 Å². The molecule has 0 bridgehead atoms. The summed E-state index contributed by atoms with van der Waals surface area (Å²) in [5.74, 6) is 1.37. The Morgan fingerprint density at radius 2 is 1.94 bits per heavy atom. The normalized spacial score (nSPS) is 10.9. The third kappa shape index (κ3) is 4.66. The summed E-state index contributed by atoms with van der Waals surface area (Å²) in [6.07, 6.45) is 1.76. The molecule has 164 valence electrons. The molecular formula is C23H21ClN4O3S. The predicted molar refractivity (Wildman–Crippen MR) is 127 cm³/mol. The van der Waals surface area contributed by atoms with Crippen molar-refractivity contribution in [2.75, 3.05) is 25.3 Å². The van der Waals surface area contributed by atoms with Gasteiger partial charge in [-0.1, -0.05) is 35.5 Å². The lowest BCUT2D eigenvalue weighted by Gasteiger charge is -2.10. The first kappa shape index (κ1) is 22.0. The van der Waals surface area contributed by atoms with E-state index in [0.717, 1.165) is 21.8 Å². The summed E-state index contributed by atoms with van der Waals surface area (Å²) < 4.78 is 12.5. The van der Waals surface area contributed by atoms with E-state index in [2.05, 4.69) is 15.4 Å². The van der Waals surface area contributed by atoms with Gasteiger partial charge in [0.15, 0.2) is 17.1 Å². The number of benzene rings is 2. The summed E-state index contributed by atoms with van der Waals surface area (Å²) in [6.45, 7) is 1.92. The monoisotopic (exact) mass is 468 g/mol. The fourth-order valence-corrected chi connectivity index (χ4v) is 4.31. The fourth-order valence-electron chi connectivity index (χ4n) is 3.26. The lowest BCUT2D eigenvalue weighted by molar-refractivity contribution is -0.113. The molecule has 0 aliphatic heterocycles. The average Bonchev–Trinajstić information content (AvgIpc) is 3.20. The number of anilines is 1. The first-order valence-corrected chi connectivity index (χ1v) is 11.1. The van der Waals surface area contributed by atoms with E-state index < -0.39 is 0 Å². The molecule has 0 saturated heterocycles. The number of nitrogens with one attached hydrogen (secondary N) is 1. The van der Waals surface area contributed by atoms with Gasteiger partial charge in [-0.05, 0) is 48.9 Å². The van der Waals surface area contributed by atoms with Crippen LogP contribution in [0.3, 0.4) is 0 Å². The number of halogens is 1. The first-order chi connectivity index (χ1) is 15.5. The minimum absolute atomic E-state index is 0.132. The highest BCUT2D eigenvalue weighted by molar-refractivity contribution is 7.99. The van der Waals surface area contributed by atoms with Crippen LogP contribution in [0.1, 0.15) is 5.69 Å². The van der Waals surface area contributed by atoms with E-state index in [1.807, 2.05) is 31.2 Å². The van der Waals surface area contributed by atoms with Gasteiger partial charge >= 0.3 is 0 Å². The van der Waals surface area contributed by atoms with Crippen molar-refractivity contribution in [2.45, 2.75) is 11.9 Å². The highest BCUT2D eigenvalue weighted by atomic mass is 35.5. The fraction of sp³-hybridized carbons (Fsp3) is 0.174. The number of hydrogen-bond donors (Lipinski definition) is 1. The lowest BCUT2D eigenvalue weighted by Crippen LogP contribution is -2.14. The maximum atomic E-state index is 12.4. The van der Waals surface area contributed by atoms with Crippen molar-refractivity contribution in [3.05, 3.63) is 65.4 Å². The number of nitrogens with zero attached hydrogens (tertiary/aromatic N) is 3. The molecule has 2 aromatic heterocycles. The molecule has 4 rings (SSSR count). The van der Waals surface area contributed by atoms with Gasteiger partial charge in [-0.3, -0.25) is 4.79 Å². The summed E-state index contributed by atoms with van der Waals surface area (Å²) >= 11 is 7.37. The van der Waals surface area contributed by atoms with Crippen molar-refractivity contribution in [3.8, 4) is 22.6 Å². The van der Waals surface area contributed by atoms with Crippen LogP contribution in [0.2, 0.25) is 5.02 Å². The third-order valence-electron chi connectivity index (χ3n) is 4.72. The van der Waals surface area contributed by atoms with Gasteiger partial charge in [0.25, 0.3) is 0 Å². The van der Waals surface area contributed by atoms with Crippen LogP contribution in [0, 0.1) is 6.92 Å². The second-order valence-corrected chi connectivity index (χ2v) is 8.38. The number of hydrogen-bond acceptors (Lipinski definition) is 6. The standard InChI is InChI=1S/C23H21ClN4O3S/c1-14-9-22(32-13-21(29)27-17-6-4-5-16(24)11-17)28-23(26-14)18(12-25-28)15-7-8-19(30-2)20(10-15)31-3/h4-12H,13H2,1-3H3,(H,27,29). The van der Waals surface area contributed by atoms with Crippen LogP contribution in [0.4, 0.5) is 5.69 Å². The van der Waals surface area contributed by atoms with Crippen LogP contribution >= 0.6 is 23.4 Å². The zero-order chi connectivity index (χ0) is 22.7. The van der Waals surface area contributed by atoms with E-state index in [9.17, 15) is 4.79 Å². The summed E-state index contributed by atoms with van der Waals surface area (Å²) in [7, 11) is 3.20. The molecule has 7 nitrogen and oxygen atoms in total. The number of carbonyl (C=O) groups excluding carboxylic acids is 1. The van der Waals surface area contributed by atoms with Crippen molar-refractivity contribution < 1.29 is 14.3 Å². The van der Waals surface area contributed by atoms with Gasteiger partial charge in [0.05, 0.1) is 26.2 Å². The zero-order valence-electron chi connectivity index (χ0n) is 17.8. The number of rotatable bonds is 7. The van der Waals surface area contributed by atoms with Gasteiger partial charge < -0.3 is 14.8 Å². The maximum Gasteiger partial charge on any atom is 0.234 e. The molecule has 4 aromatic rings. The molecule has 1 amide bonds. The van der Waals surface area contributed by atoms with Gasteiger partial charge in [-0.15, -0.1) is 0 Å². The summed E-state index contributed by atoms with van der Waals surface area (Å²) in [5, 5.41) is 8.77. The Kier molecular flexibility index (Phi) is 6.53. The molecule has 0 aliphatic carbocycles. The Bertz CT molecular complexity index is 1290. The van der Waals surface area contributed by atoms with E-state index in [1.165, 1.54) is 11.8 Å². The van der Waals surface area contributed by atoms with Gasteiger partial charge in [-0.25, -0.2) is 9.50 Å². The van der Waals surface area contributed by atoms with E-state index in [0.29, 0.717) is 27.9 Å². The number of methoxy groups -OCH3 is 2. The number of thioether (sulfide) groups is 1. The topological polar surface area (TPSA) is 77.8 Å². The van der Waals surface area contributed by atoms with Crippen LogP contribution in [0.25, 0.3) is 16.8 Å². The Morgan fingerprint density at radius 3 is 2.69 bits per heavy atom. The van der Waals surface area contributed by atoms with Gasteiger partial charge in [0, 0.05) is 22.0 Å². The molecule has 9 heteroatoms. The molecule has 32 heavy (non-hydrogen) atoms. The van der Waals surface area contributed by atoms with Crippen molar-refractivity contribution in [2.24, 2.45) is 0 Å². The molecule has 0 atom stereocenters. The zero-order valence-corrected chi connectivity index (χ0v) is 19.3. The first-order valence-electron chi connectivity index (χ1n) is 9.74. The summed E-state index contributed by atoms with van der Waals surface area (Å²) in [6, 6.07) is 14.7. The highest BCUT2D eigenvalue weighted by Crippen LogP contribution is 2.34. The van der Waals surface area contributed by atoms with Crippen LogP contribution in [-0.2, 0) is 4.79 Å². The van der Waals surface area contributed by atoms with Crippen LogP contribution in [0.5, 0.6) is 11.5 Å². The smallest absolute Gasteiger partial charge is 0.234 e. The van der Waals surface area contributed by atoms with Crippen LogP contribution in [-0.4, -0.2) is 40.5 Å². The lowest BCUT2D eigenvalue weighted by atomic mass is 10.1. The number of fused-ring (bicyclic) bond motifs is 1. The SMILES string of the molecule is COc1ccc(-c2cnn3c(SCC(=O)Nc4cccc(Cl)c4)cc(C)nc23)cc1OC. The average molecular weight is 469 g/mol. The molecule has 1 N–H and O–H groups in total. The summed E-state index contributed by atoms with van der Waals surface area (Å²) in [4.78, 5) is 17.1. The number of amides is 1. The van der Waals surface area contributed by atoms with Crippen molar-refractivity contribution in [1.29, 1.82) is 0 Å². The molecule has 0 spiro atoms. The predicted octanol–water partition coefficient (Wildman–Crippen LogP) is 5.11. The molecule has 2 aromatic carbocycles. The Balaban J connectivity index is 1.59. The van der Waals surface area contributed by atoms with Gasteiger partial charge in [0.1, 0.15) is 5.03 Å². The second kappa shape index (κ2) is 9.50. The molecular weight excluding hydrogens is 448 g/mol. The molecule has 2 heterocycles. The summed E-state index contributed by atoms with van der Waals surface area (Å²) in [5.41, 5.74) is 3.96. The molecule has 0 aliphatic rings. The van der Waals surface area contributed by atoms with E-state index in [4.69, 9.17) is 21.1 Å². The highest BCUT2D eigenvalue weighted by Gasteiger charge is 2.15. The Morgan fingerprint density at radius 1 is 1.12 bits per heavy atom. The molecule has 0 radical (unpaired) electrons. The van der Waals surface area contributed by atoms with Crippen LogP contribution in [0.15, 0.2) is 59.8 Å². The Hall–Kier alpha value is -3.23. The number of ether oxygens (including phenoxy) is 2. The van der Waals surface area contributed by atoms with Crippen molar-refractivity contribution >= 4 is 40.6 Å². The maximum absolute atomic E-state index is 12.4. The third-order valence-corrected chi connectivity index (χ3v) is 5.95. The van der Waals surface area contributed by atoms with Crippen molar-refractivity contribution in [3.63, 3.8) is 0 Å². The largest absolute Gasteiger partial charge is 0.493 e.